The van der Waals surface area contributed by atoms with E-state index in [4.69, 9.17) is 4.74 Å². The van der Waals surface area contributed by atoms with E-state index in [2.05, 4.69) is 58.4 Å². The highest BCUT2D eigenvalue weighted by Crippen LogP contribution is 2.64. The second kappa shape index (κ2) is 11.2. The minimum absolute atomic E-state index is 0.00808. The predicted octanol–water partition coefficient (Wildman–Crippen LogP) is 4.03. The second-order valence-electron chi connectivity index (χ2n) is 16.0. The number of ether oxygens (including phenoxy) is 1. The minimum Gasteiger partial charge on any atom is -0.393 e. The first-order valence-corrected chi connectivity index (χ1v) is 18.0. The number of piperazine rings is 1. The third-order valence-corrected chi connectivity index (χ3v) is 13.6. The van der Waals surface area contributed by atoms with Crippen LogP contribution in [0.1, 0.15) is 72.6 Å². The molecule has 1 amide bonds. The summed E-state index contributed by atoms with van der Waals surface area (Å²) in [6.07, 6.45) is 11.8. The number of aromatic nitrogens is 2. The maximum Gasteiger partial charge on any atom is 0.237 e. The molecule has 0 aromatic carbocycles. The Morgan fingerprint density at radius 2 is 1.87 bits per heavy atom. The zero-order valence-corrected chi connectivity index (χ0v) is 28.0. The van der Waals surface area contributed by atoms with Gasteiger partial charge in [0, 0.05) is 62.5 Å². The van der Waals surface area contributed by atoms with Crippen LogP contribution in [-0.4, -0.2) is 99.7 Å². The smallest absolute Gasteiger partial charge is 0.237 e. The number of hydrogen-bond donors (Lipinski definition) is 1. The second-order valence-corrected chi connectivity index (χ2v) is 16.0. The molecule has 0 unspecified atom stereocenters. The molecule has 7 aliphatic rings. The average molecular weight is 630 g/mol. The summed E-state index contributed by atoms with van der Waals surface area (Å²) in [6.45, 7) is 13.4. The molecule has 248 valence electrons. The lowest BCUT2D eigenvalue weighted by molar-refractivity contribution is -0.141. The Morgan fingerprint density at radius 3 is 2.63 bits per heavy atom. The molecule has 8 rings (SSSR count). The minimum atomic E-state index is -0.492. The van der Waals surface area contributed by atoms with Crippen LogP contribution >= 0.6 is 0 Å². The van der Waals surface area contributed by atoms with Gasteiger partial charge >= 0.3 is 0 Å². The molecule has 1 spiro atoms. The highest BCUT2D eigenvalue weighted by atomic mass is 16.5. The number of piperidine rings is 1. The van der Waals surface area contributed by atoms with Gasteiger partial charge in [-0.05, 0) is 86.7 Å². The number of anilines is 1. The molecular formula is C37H51N5O4. The number of carbonyl (C=O) groups is 2. The summed E-state index contributed by atoms with van der Waals surface area (Å²) in [5, 5.41) is 10.4. The molecule has 4 heterocycles. The lowest BCUT2D eigenvalue weighted by Gasteiger charge is -2.48. The van der Waals surface area contributed by atoms with Crippen molar-refractivity contribution in [3.05, 3.63) is 41.3 Å². The van der Waals surface area contributed by atoms with Crippen LogP contribution in [0.3, 0.4) is 0 Å². The van der Waals surface area contributed by atoms with Gasteiger partial charge in [-0.1, -0.05) is 32.4 Å². The van der Waals surface area contributed by atoms with Gasteiger partial charge in [0.05, 0.1) is 30.4 Å². The highest BCUT2D eigenvalue weighted by Gasteiger charge is 2.64. The number of likely N-dealkylation sites (tertiary alicyclic amines) is 1. The lowest BCUT2D eigenvalue weighted by Crippen LogP contribution is -2.58. The summed E-state index contributed by atoms with van der Waals surface area (Å²) in [5.74, 6) is 2.45. The van der Waals surface area contributed by atoms with Crippen molar-refractivity contribution in [1.82, 2.24) is 19.8 Å². The third kappa shape index (κ3) is 4.58. The Labute approximate surface area is 273 Å². The monoisotopic (exact) mass is 629 g/mol. The molecule has 1 aromatic heterocycles. The largest absolute Gasteiger partial charge is 0.393 e. The molecule has 46 heavy (non-hydrogen) atoms. The van der Waals surface area contributed by atoms with E-state index in [-0.39, 0.29) is 41.4 Å². The summed E-state index contributed by atoms with van der Waals surface area (Å²) in [7, 11) is 0. The van der Waals surface area contributed by atoms with Crippen LogP contribution in [0.2, 0.25) is 0 Å². The predicted molar refractivity (Wildman–Crippen MR) is 175 cm³/mol. The molecule has 5 fully saturated rings. The van der Waals surface area contributed by atoms with Crippen LogP contribution in [0.4, 0.5) is 5.95 Å². The van der Waals surface area contributed by atoms with Crippen LogP contribution in [-0.2, 0) is 14.3 Å². The van der Waals surface area contributed by atoms with Gasteiger partial charge in [-0.2, -0.15) is 0 Å². The summed E-state index contributed by atoms with van der Waals surface area (Å²) < 4.78 is 7.19. The van der Waals surface area contributed by atoms with Crippen molar-refractivity contribution in [3.63, 3.8) is 0 Å². The fraction of sp³-hybridized carbons (Fsp3) is 0.730. The SMILES string of the molecule is CC1=C2C(=O)[C@H]3[C@@H](CC=C4C[C@@H](O)CC[C@@]43C)[C@@H]2CC[C@]12O[C@@H]1C[C@H](C)CN(C(=O)CN3CCN(c4ncccn4)CC3)[C@H]1[C@H]2C. The van der Waals surface area contributed by atoms with Crippen molar-refractivity contribution in [2.75, 3.05) is 44.2 Å². The van der Waals surface area contributed by atoms with Gasteiger partial charge in [-0.3, -0.25) is 14.5 Å². The number of allylic oxidation sites excluding steroid dienone is 2. The first-order chi connectivity index (χ1) is 22.1. The maximum atomic E-state index is 14.6. The zero-order chi connectivity index (χ0) is 32.0. The molecule has 9 heteroatoms. The van der Waals surface area contributed by atoms with Crippen molar-refractivity contribution >= 4 is 17.6 Å². The average Bonchev–Trinajstić information content (AvgIpc) is 3.51. The number of ketones is 1. The van der Waals surface area contributed by atoms with E-state index in [0.29, 0.717) is 36.5 Å². The molecule has 0 bridgehead atoms. The van der Waals surface area contributed by atoms with Gasteiger partial charge < -0.3 is 19.6 Å². The quantitative estimate of drug-likeness (QED) is 0.501. The van der Waals surface area contributed by atoms with Crippen molar-refractivity contribution < 1.29 is 19.4 Å². The van der Waals surface area contributed by atoms with Gasteiger partial charge in [0.2, 0.25) is 11.9 Å². The first-order valence-electron chi connectivity index (χ1n) is 18.0. The summed E-state index contributed by atoms with van der Waals surface area (Å²) in [5.41, 5.74) is 2.88. The van der Waals surface area contributed by atoms with Crippen LogP contribution < -0.4 is 4.90 Å². The Hall–Kier alpha value is -2.62. The third-order valence-electron chi connectivity index (χ3n) is 13.6. The molecule has 1 N–H and O–H groups in total. The molecule has 3 saturated heterocycles. The first kappa shape index (κ1) is 30.7. The van der Waals surface area contributed by atoms with Gasteiger partial charge in [-0.25, -0.2) is 9.97 Å². The van der Waals surface area contributed by atoms with E-state index >= 15 is 0 Å². The standard InChI is InChI=1S/C37H51N5O4/c1-22-18-29-33(42(20-22)30(44)21-40-14-16-41(17-15-40)35-38-12-5-13-39-35)24(3)37(46-29)11-9-27-28-7-6-25-19-26(43)8-10-36(25,4)32(28)34(45)31(27)23(37)2/h5-6,12-13,22,24,26-29,32-33,43H,7-11,14-21H2,1-4H3/t22-,24+,26-,27-,28-,29+,32+,33-,36-,37-/m0/s1. The number of rotatable bonds is 3. The van der Waals surface area contributed by atoms with Gasteiger partial charge in [0.25, 0.3) is 0 Å². The van der Waals surface area contributed by atoms with Gasteiger partial charge in [0.1, 0.15) is 0 Å². The maximum absolute atomic E-state index is 14.6. The van der Waals surface area contributed by atoms with E-state index in [0.717, 1.165) is 88.3 Å². The van der Waals surface area contributed by atoms with E-state index in [1.807, 2.05) is 6.07 Å². The number of carbonyl (C=O) groups excluding carboxylic acids is 2. The van der Waals surface area contributed by atoms with Crippen LogP contribution in [0, 0.1) is 35.0 Å². The van der Waals surface area contributed by atoms with Gasteiger partial charge in [0.15, 0.2) is 5.78 Å². The molecule has 4 aliphatic carbocycles. The van der Waals surface area contributed by atoms with Gasteiger partial charge in [-0.15, -0.1) is 0 Å². The highest BCUT2D eigenvalue weighted by molar-refractivity contribution is 6.02. The molecule has 0 radical (unpaired) electrons. The molecule has 3 aliphatic heterocycles. The van der Waals surface area contributed by atoms with Crippen LogP contribution in [0.25, 0.3) is 0 Å². The Kier molecular flexibility index (Phi) is 7.50. The Bertz CT molecular complexity index is 1450. The Balaban J connectivity index is 1.02. The topological polar surface area (TPSA) is 99.1 Å². The number of Topliss-reactive ketones (excluding diaryl/α,β-unsaturated/α-hetero) is 1. The molecule has 9 nitrogen and oxygen atoms in total. The fourth-order valence-electron chi connectivity index (χ4n) is 11.3. The number of amides is 1. The number of aliphatic hydroxyl groups excluding tert-OH is 1. The van der Waals surface area contributed by atoms with Crippen LogP contribution in [0.5, 0.6) is 0 Å². The van der Waals surface area contributed by atoms with E-state index in [1.54, 1.807) is 12.4 Å². The number of aliphatic hydroxyl groups is 1. The number of fused-ring (bicyclic) bond motifs is 6. The normalized spacial score (nSPS) is 42.5. The Morgan fingerprint density at radius 1 is 1.11 bits per heavy atom. The van der Waals surface area contributed by atoms with Crippen molar-refractivity contribution in [2.24, 2.45) is 35.0 Å². The zero-order valence-electron chi connectivity index (χ0n) is 28.0. The summed E-state index contributed by atoms with van der Waals surface area (Å²) in [6, 6.07) is 1.86. The van der Waals surface area contributed by atoms with E-state index in [1.165, 1.54) is 5.57 Å². The lowest BCUT2D eigenvalue weighted by atomic mass is 9.56. The molecule has 2 saturated carbocycles. The van der Waals surface area contributed by atoms with Crippen molar-refractivity contribution in [2.45, 2.75) is 96.5 Å². The number of hydrogen-bond acceptors (Lipinski definition) is 8. The van der Waals surface area contributed by atoms with Crippen LogP contribution in [0.15, 0.2) is 41.3 Å². The summed E-state index contributed by atoms with van der Waals surface area (Å²) in [4.78, 5) is 44.1. The van der Waals surface area contributed by atoms with Crippen molar-refractivity contribution in [1.29, 1.82) is 0 Å². The van der Waals surface area contributed by atoms with E-state index in [9.17, 15) is 14.7 Å². The van der Waals surface area contributed by atoms with E-state index < -0.39 is 5.60 Å². The molecule has 1 aromatic rings. The fourth-order valence-corrected chi connectivity index (χ4v) is 11.3. The molecular weight excluding hydrogens is 578 g/mol. The summed E-state index contributed by atoms with van der Waals surface area (Å²) >= 11 is 0. The number of nitrogens with zero attached hydrogens (tertiary/aromatic N) is 5. The van der Waals surface area contributed by atoms with Crippen molar-refractivity contribution in [3.8, 4) is 0 Å². The molecule has 10 atom stereocenters.